The minimum Gasteiger partial charge on any atom is -0.444 e. The molecule has 1 aromatic heterocycles. The molecule has 1 N–H and O–H groups in total. The summed E-state index contributed by atoms with van der Waals surface area (Å²) in [5.41, 5.74) is -0.254. The number of ether oxygens (including phenoxy) is 1. The van der Waals surface area contributed by atoms with Crippen molar-refractivity contribution in [1.29, 1.82) is 0 Å². The zero-order chi connectivity index (χ0) is 23.1. The first kappa shape index (κ1) is 23.1. The van der Waals surface area contributed by atoms with Gasteiger partial charge < -0.3 is 15.0 Å². The molecule has 0 bridgehead atoms. The van der Waals surface area contributed by atoms with Crippen LogP contribution in [0.25, 0.3) is 0 Å². The van der Waals surface area contributed by atoms with Gasteiger partial charge in [0.25, 0.3) is 0 Å². The molecule has 0 unspecified atom stereocenters. The van der Waals surface area contributed by atoms with Crippen LogP contribution in [0, 0.1) is 12.3 Å². The highest BCUT2D eigenvalue weighted by Crippen LogP contribution is 2.24. The lowest BCUT2D eigenvalue weighted by molar-refractivity contribution is -0.140. The fourth-order valence-corrected chi connectivity index (χ4v) is 3.84. The van der Waals surface area contributed by atoms with Crippen LogP contribution in [0.4, 0.5) is 9.59 Å². The van der Waals surface area contributed by atoms with E-state index in [1.54, 1.807) is 41.4 Å². The molecule has 31 heavy (non-hydrogen) atoms. The highest BCUT2D eigenvalue weighted by Gasteiger charge is 2.40. The Balaban J connectivity index is 1.61. The lowest BCUT2D eigenvalue weighted by Gasteiger charge is -2.41. The Bertz CT molecular complexity index is 858. The van der Waals surface area contributed by atoms with E-state index in [-0.39, 0.29) is 11.9 Å². The molecule has 0 saturated carbocycles. The number of hydrogen-bond donors (Lipinski definition) is 1. The van der Waals surface area contributed by atoms with Gasteiger partial charge in [0, 0.05) is 26.2 Å². The van der Waals surface area contributed by atoms with Gasteiger partial charge >= 0.3 is 12.1 Å². The van der Waals surface area contributed by atoms with Gasteiger partial charge in [0.05, 0.1) is 18.4 Å². The fraction of sp³-hybridized carbons (Fsp3) is 0.714. The van der Waals surface area contributed by atoms with Crippen molar-refractivity contribution in [2.24, 2.45) is 5.41 Å². The van der Waals surface area contributed by atoms with E-state index >= 15 is 0 Å². The molecular weight excluding hydrogens is 400 g/mol. The molecule has 10 nitrogen and oxygen atoms in total. The third kappa shape index (κ3) is 5.00. The molecule has 2 aliphatic rings. The average molecular weight is 435 g/mol. The van der Waals surface area contributed by atoms with Crippen molar-refractivity contribution in [3.63, 3.8) is 0 Å². The first-order chi connectivity index (χ1) is 14.3. The maximum Gasteiger partial charge on any atom is 0.408 e. The first-order valence-electron chi connectivity index (χ1n) is 10.7. The van der Waals surface area contributed by atoms with Crippen molar-refractivity contribution >= 4 is 18.0 Å². The number of fused-ring (bicyclic) bond motifs is 1. The number of alkyl carbamates (subject to hydrolysis) is 1. The van der Waals surface area contributed by atoms with E-state index in [2.05, 4.69) is 10.3 Å². The molecule has 10 heteroatoms. The van der Waals surface area contributed by atoms with E-state index in [4.69, 9.17) is 4.74 Å². The Labute approximate surface area is 183 Å². The van der Waals surface area contributed by atoms with E-state index < -0.39 is 23.2 Å². The first-order valence-corrected chi connectivity index (χ1v) is 10.7. The van der Waals surface area contributed by atoms with Crippen molar-refractivity contribution in [1.82, 2.24) is 29.8 Å². The molecule has 3 rings (SSSR count). The predicted molar refractivity (Wildman–Crippen MR) is 114 cm³/mol. The van der Waals surface area contributed by atoms with Gasteiger partial charge in [-0.05, 0) is 33.1 Å². The van der Waals surface area contributed by atoms with E-state index in [0.29, 0.717) is 38.5 Å². The van der Waals surface area contributed by atoms with Crippen LogP contribution < -0.4 is 5.32 Å². The zero-order valence-electron chi connectivity index (χ0n) is 19.6. The van der Waals surface area contributed by atoms with Gasteiger partial charge in [0.2, 0.25) is 5.91 Å². The highest BCUT2D eigenvalue weighted by molar-refractivity contribution is 5.86. The maximum absolute atomic E-state index is 13.3. The van der Waals surface area contributed by atoms with Crippen molar-refractivity contribution in [3.05, 3.63) is 17.7 Å². The Morgan fingerprint density at radius 3 is 2.23 bits per heavy atom. The number of carbonyl (C=O) groups excluding carboxylic acids is 3. The lowest BCUT2D eigenvalue weighted by atomic mass is 9.85. The molecule has 1 fully saturated rings. The normalized spacial score (nSPS) is 18.7. The molecule has 3 amide bonds. The smallest absolute Gasteiger partial charge is 0.408 e. The SMILES string of the molecule is Cc1ncc2n1C(=O)N(N1CCN(C(=O)[C@H](NC(=O)OC(C)(C)C)C(C)(C)C)CC1)C2. The summed E-state index contributed by atoms with van der Waals surface area (Å²) < 4.78 is 6.97. The van der Waals surface area contributed by atoms with Crippen LogP contribution in [0.3, 0.4) is 0 Å². The molecule has 1 aromatic rings. The number of aryl methyl sites for hydroxylation is 1. The third-order valence-electron chi connectivity index (χ3n) is 5.42. The zero-order valence-corrected chi connectivity index (χ0v) is 19.6. The number of rotatable bonds is 3. The van der Waals surface area contributed by atoms with Gasteiger partial charge in [-0.1, -0.05) is 20.8 Å². The Kier molecular flexibility index (Phi) is 6.05. The molecule has 1 saturated heterocycles. The molecule has 172 valence electrons. The Hall–Kier alpha value is -2.62. The van der Waals surface area contributed by atoms with Crippen molar-refractivity contribution in [2.45, 2.75) is 66.7 Å². The van der Waals surface area contributed by atoms with Crippen LogP contribution in [0.2, 0.25) is 0 Å². The molecule has 0 spiro atoms. The van der Waals surface area contributed by atoms with Crippen LogP contribution in [0.15, 0.2) is 6.20 Å². The Morgan fingerprint density at radius 2 is 1.71 bits per heavy atom. The van der Waals surface area contributed by atoms with Crippen molar-refractivity contribution in [3.8, 4) is 0 Å². The number of piperazine rings is 1. The molecule has 0 radical (unpaired) electrons. The number of aromatic nitrogens is 2. The van der Waals surface area contributed by atoms with E-state index in [0.717, 1.165) is 5.69 Å². The largest absolute Gasteiger partial charge is 0.444 e. The van der Waals surface area contributed by atoms with Gasteiger partial charge in [-0.25, -0.2) is 24.1 Å². The maximum atomic E-state index is 13.3. The minimum absolute atomic E-state index is 0.107. The summed E-state index contributed by atoms with van der Waals surface area (Å²) in [5.74, 6) is 0.537. The van der Waals surface area contributed by atoms with Gasteiger partial charge in [0.1, 0.15) is 17.5 Å². The van der Waals surface area contributed by atoms with Crippen molar-refractivity contribution in [2.75, 3.05) is 26.2 Å². The molecule has 0 aromatic carbocycles. The summed E-state index contributed by atoms with van der Waals surface area (Å²) in [6.45, 7) is 15.4. The van der Waals surface area contributed by atoms with Gasteiger partial charge in [-0.3, -0.25) is 9.80 Å². The van der Waals surface area contributed by atoms with Crippen LogP contribution in [0.1, 0.15) is 53.1 Å². The molecule has 0 aliphatic carbocycles. The van der Waals surface area contributed by atoms with Crippen LogP contribution in [-0.2, 0) is 16.1 Å². The lowest BCUT2D eigenvalue weighted by Crippen LogP contribution is -2.60. The van der Waals surface area contributed by atoms with Crippen LogP contribution >= 0.6 is 0 Å². The number of amides is 3. The number of nitrogens with one attached hydrogen (secondary N) is 1. The Morgan fingerprint density at radius 1 is 1.10 bits per heavy atom. The van der Waals surface area contributed by atoms with Crippen molar-refractivity contribution < 1.29 is 19.1 Å². The second-order valence-corrected chi connectivity index (χ2v) is 10.2. The van der Waals surface area contributed by atoms with E-state index in [1.165, 1.54) is 0 Å². The second kappa shape index (κ2) is 8.14. The summed E-state index contributed by atoms with van der Waals surface area (Å²) in [4.78, 5) is 44.2. The quantitative estimate of drug-likeness (QED) is 0.781. The molecule has 2 aliphatic heterocycles. The third-order valence-corrected chi connectivity index (χ3v) is 5.42. The average Bonchev–Trinajstić information content (AvgIpc) is 3.17. The standard InChI is InChI=1S/C21H34N6O4/c1-14-22-12-15-13-26(19(30)27(14)15)25-10-8-24(9-11-25)17(28)16(20(2,3)4)23-18(29)31-21(5,6)7/h12,16H,8-11,13H2,1-7H3,(H,23,29)/t16-/m0/s1. The van der Waals surface area contributed by atoms with Gasteiger partial charge in [0.15, 0.2) is 0 Å². The summed E-state index contributed by atoms with van der Waals surface area (Å²) in [6.07, 6.45) is 1.12. The molecular formula is C21H34N6O4. The predicted octanol–water partition coefficient (Wildman–Crippen LogP) is 1.97. The van der Waals surface area contributed by atoms with Gasteiger partial charge in [-0.15, -0.1) is 0 Å². The van der Waals surface area contributed by atoms with E-state index in [1.807, 2.05) is 32.7 Å². The summed E-state index contributed by atoms with van der Waals surface area (Å²) in [6, 6.07) is -0.819. The van der Waals surface area contributed by atoms with E-state index in [9.17, 15) is 14.4 Å². The highest BCUT2D eigenvalue weighted by atomic mass is 16.6. The molecule has 1 atom stereocenters. The number of imidazole rings is 1. The van der Waals surface area contributed by atoms with Gasteiger partial charge in [-0.2, -0.15) is 0 Å². The fourth-order valence-electron chi connectivity index (χ4n) is 3.84. The van der Waals surface area contributed by atoms with Crippen LogP contribution in [-0.4, -0.2) is 80.3 Å². The monoisotopic (exact) mass is 434 g/mol. The summed E-state index contributed by atoms with van der Waals surface area (Å²) in [5, 5.41) is 6.45. The number of hydrogen-bond acceptors (Lipinski definition) is 6. The second-order valence-electron chi connectivity index (χ2n) is 10.2. The summed E-state index contributed by atoms with van der Waals surface area (Å²) in [7, 11) is 0. The minimum atomic E-state index is -0.711. The number of nitrogens with zero attached hydrogens (tertiary/aromatic N) is 5. The summed E-state index contributed by atoms with van der Waals surface area (Å²) >= 11 is 0. The topological polar surface area (TPSA) is 100 Å². The molecule has 3 heterocycles. The number of carbonyl (C=O) groups is 3. The van der Waals surface area contributed by atoms with Crippen LogP contribution in [0.5, 0.6) is 0 Å². The number of hydrazine groups is 1.